The number of likely N-dealkylation sites (tertiary alicyclic amines) is 1. The van der Waals surface area contributed by atoms with Crippen molar-refractivity contribution in [3.05, 3.63) is 64.4 Å². The van der Waals surface area contributed by atoms with E-state index in [0.29, 0.717) is 64.5 Å². The van der Waals surface area contributed by atoms with E-state index in [-0.39, 0.29) is 31.0 Å². The van der Waals surface area contributed by atoms with E-state index < -0.39 is 85.1 Å². The minimum atomic E-state index is -5.01. The maximum absolute atomic E-state index is 15.0. The molecule has 4 aromatic rings. The number of ether oxygens (including phenoxy) is 2. The smallest absolute Gasteiger partial charge is 0.419 e. The Bertz CT molecular complexity index is 2610. The third kappa shape index (κ3) is 8.98. The number of rotatable bonds is 14. The van der Waals surface area contributed by atoms with E-state index >= 15 is 0 Å². The molecule has 1 saturated heterocycles. The van der Waals surface area contributed by atoms with Crippen molar-refractivity contribution in [2.24, 2.45) is 11.3 Å². The molecule has 3 amide bonds. The van der Waals surface area contributed by atoms with Crippen molar-refractivity contribution >= 4 is 55.7 Å². The van der Waals surface area contributed by atoms with Gasteiger partial charge in [-0.15, -0.1) is 11.3 Å². The van der Waals surface area contributed by atoms with Crippen molar-refractivity contribution in [2.75, 3.05) is 19.0 Å². The molecule has 2 saturated carbocycles. The average Bonchev–Trinajstić information content (AvgIpc) is 4.00. The highest BCUT2D eigenvalue weighted by molar-refractivity contribution is 7.91. The minimum Gasteiger partial charge on any atom is -0.496 e. The summed E-state index contributed by atoms with van der Waals surface area (Å²) < 4.78 is 95.6. The molecule has 64 heavy (non-hydrogen) atoms. The van der Waals surface area contributed by atoms with E-state index in [4.69, 9.17) is 19.4 Å². The highest BCUT2D eigenvalue weighted by atomic mass is 32.2. The van der Waals surface area contributed by atoms with Gasteiger partial charge in [0.15, 0.2) is 0 Å². The van der Waals surface area contributed by atoms with Crippen LogP contribution < -0.4 is 24.8 Å². The number of pyridine rings is 1. The average molecular weight is 931 g/mol. The van der Waals surface area contributed by atoms with E-state index in [0.717, 1.165) is 17.3 Å². The largest absolute Gasteiger partial charge is 0.496 e. The number of hydrogen-bond acceptors (Lipinski definition) is 11. The summed E-state index contributed by atoms with van der Waals surface area (Å²) in [7, 11) is -2.51. The molecule has 3 fully saturated rings. The Kier molecular flexibility index (Phi) is 12.3. The van der Waals surface area contributed by atoms with Crippen LogP contribution in [0.15, 0.2) is 41.8 Å². The Morgan fingerprint density at radius 1 is 1.05 bits per heavy atom. The molecule has 7 rings (SSSR count). The monoisotopic (exact) mass is 930 g/mol. The molecular formula is C45H54F4N6O7S2. The molecule has 13 nitrogen and oxygen atoms in total. The van der Waals surface area contributed by atoms with Gasteiger partial charge in [-0.1, -0.05) is 48.0 Å². The minimum absolute atomic E-state index is 0.0862. The number of benzene rings is 2. The number of methoxy groups -OCH3 is 1. The Morgan fingerprint density at radius 3 is 2.33 bits per heavy atom. The molecule has 19 heteroatoms. The summed E-state index contributed by atoms with van der Waals surface area (Å²) in [5.74, 6) is -3.02. The highest BCUT2D eigenvalue weighted by Crippen LogP contribution is 2.48. The van der Waals surface area contributed by atoms with Crippen LogP contribution >= 0.6 is 11.3 Å². The highest BCUT2D eigenvalue weighted by Gasteiger charge is 2.63. The van der Waals surface area contributed by atoms with E-state index in [1.165, 1.54) is 16.2 Å². The fraction of sp³-hybridized carbons (Fsp3) is 0.533. The lowest BCUT2D eigenvalue weighted by Gasteiger charge is -2.36. The normalized spacial score (nSPS) is 22.3. The molecule has 2 aliphatic carbocycles. The standard InChI is InChI=1S/C45H54F4N6O7S2/c1-10-25-20-44(25,41(58)54-64(59,60)43(8)15-16-43)53-38(56)33-18-27(21-55(33)40(57)37(42(5,6)7)50-26-11-13-30(46)29(17-26)45(47,48)49)62-35-19-31(39-52-32(22-63-39)23(2)3)51-36-24(4)34(61-9)14-12-28(35)36/h11-14,17,19,22-23,25,27,33,37,50H,10,15-16,18,20-21H2,1-9H3,(H,53,56)(H,54,58). The number of thiazole rings is 1. The van der Waals surface area contributed by atoms with Gasteiger partial charge in [0.25, 0.3) is 5.91 Å². The van der Waals surface area contributed by atoms with Gasteiger partial charge in [0, 0.05) is 34.5 Å². The number of alkyl halides is 3. The second kappa shape index (κ2) is 16.7. The maximum atomic E-state index is 15.0. The predicted molar refractivity (Wildman–Crippen MR) is 235 cm³/mol. The number of carbonyl (C=O) groups is 3. The number of aromatic nitrogens is 2. The maximum Gasteiger partial charge on any atom is 0.419 e. The number of nitrogens with one attached hydrogen (secondary N) is 3. The van der Waals surface area contributed by atoms with Gasteiger partial charge in [-0.05, 0) is 80.7 Å². The van der Waals surface area contributed by atoms with Crippen LogP contribution in [0.5, 0.6) is 11.5 Å². The zero-order chi connectivity index (χ0) is 46.9. The molecular weight excluding hydrogens is 877 g/mol. The van der Waals surface area contributed by atoms with Crippen molar-refractivity contribution in [1.82, 2.24) is 24.9 Å². The van der Waals surface area contributed by atoms with Crippen LogP contribution in [0.2, 0.25) is 0 Å². The molecule has 5 unspecified atom stereocenters. The zero-order valence-electron chi connectivity index (χ0n) is 37.2. The number of halogens is 4. The summed E-state index contributed by atoms with van der Waals surface area (Å²) in [5.41, 5.74) is -1.54. The molecule has 0 bridgehead atoms. The second-order valence-electron chi connectivity index (χ2n) is 18.8. The Balaban J connectivity index is 1.26. The quantitative estimate of drug-likeness (QED) is 0.105. The van der Waals surface area contributed by atoms with E-state index in [2.05, 4.69) is 15.4 Å². The lowest BCUT2D eigenvalue weighted by Crippen LogP contribution is -2.59. The van der Waals surface area contributed by atoms with Crippen LogP contribution in [0.1, 0.15) is 103 Å². The van der Waals surface area contributed by atoms with E-state index in [1.807, 2.05) is 33.1 Å². The van der Waals surface area contributed by atoms with Gasteiger partial charge in [0.05, 0.1) is 35.2 Å². The Hall–Kier alpha value is -5.04. The molecule has 2 aromatic carbocycles. The van der Waals surface area contributed by atoms with Gasteiger partial charge in [0.1, 0.15) is 51.7 Å². The second-order valence-corrected chi connectivity index (χ2v) is 21.9. The SMILES string of the molecule is CCC1CC1(NC(=O)C1CC(Oc2cc(-c3nc(C(C)C)cs3)nc3c(C)c(OC)ccc23)CN1C(=O)C(Nc1ccc(F)c(C(F)(F)F)c1)C(C)(C)C)C(=O)NS(=O)(=O)C1(C)CC1. The molecule has 1 aliphatic heterocycles. The third-order valence-corrected chi connectivity index (χ3v) is 15.8. The predicted octanol–water partition coefficient (Wildman–Crippen LogP) is 8.12. The number of carbonyl (C=O) groups excluding carboxylic acids is 3. The molecule has 3 aliphatic rings. The summed E-state index contributed by atoms with van der Waals surface area (Å²) in [6, 6.07) is 5.13. The van der Waals surface area contributed by atoms with Crippen LogP contribution in [0.3, 0.4) is 0 Å². The Morgan fingerprint density at radius 2 is 1.75 bits per heavy atom. The molecule has 5 atom stereocenters. The van der Waals surface area contributed by atoms with Gasteiger partial charge < -0.3 is 25.0 Å². The first kappa shape index (κ1) is 46.9. The fourth-order valence-corrected chi connectivity index (χ4v) is 10.5. The van der Waals surface area contributed by atoms with E-state index in [9.17, 15) is 40.4 Å². The number of sulfonamides is 1. The first-order chi connectivity index (χ1) is 29.8. The molecule has 0 spiro atoms. The van der Waals surface area contributed by atoms with Crippen molar-refractivity contribution < 1.29 is 49.8 Å². The third-order valence-electron chi connectivity index (χ3n) is 12.7. The van der Waals surface area contributed by atoms with Crippen molar-refractivity contribution in [3.8, 4) is 22.2 Å². The summed E-state index contributed by atoms with van der Waals surface area (Å²) in [6.45, 7) is 14.2. The number of anilines is 1. The lowest BCUT2D eigenvalue weighted by atomic mass is 9.85. The van der Waals surface area contributed by atoms with Crippen LogP contribution in [0.4, 0.5) is 23.2 Å². The molecule has 346 valence electrons. The van der Waals surface area contributed by atoms with Gasteiger partial charge in [0.2, 0.25) is 21.8 Å². The molecule has 3 heterocycles. The van der Waals surface area contributed by atoms with E-state index in [1.54, 1.807) is 53.0 Å². The van der Waals surface area contributed by atoms with Crippen LogP contribution in [-0.2, 0) is 30.6 Å². The molecule has 2 aromatic heterocycles. The molecule has 3 N–H and O–H groups in total. The van der Waals surface area contributed by atoms with Crippen molar-refractivity contribution in [3.63, 3.8) is 0 Å². The van der Waals surface area contributed by atoms with Gasteiger partial charge in [-0.25, -0.2) is 22.8 Å². The first-order valence-corrected chi connectivity index (χ1v) is 23.6. The topological polar surface area (TPSA) is 169 Å². The van der Waals surface area contributed by atoms with Crippen LogP contribution in [0, 0.1) is 24.1 Å². The first-order valence-electron chi connectivity index (χ1n) is 21.3. The van der Waals surface area contributed by atoms with Gasteiger partial charge in [-0.2, -0.15) is 13.2 Å². The summed E-state index contributed by atoms with van der Waals surface area (Å²) in [5, 5.41) is 8.95. The number of aryl methyl sites for hydroxylation is 1. The summed E-state index contributed by atoms with van der Waals surface area (Å²) >= 11 is 1.42. The van der Waals surface area contributed by atoms with Crippen molar-refractivity contribution in [2.45, 2.75) is 128 Å². The van der Waals surface area contributed by atoms with Crippen molar-refractivity contribution in [1.29, 1.82) is 0 Å². The number of amides is 3. The van der Waals surface area contributed by atoms with Gasteiger partial charge in [-0.3, -0.25) is 19.1 Å². The van der Waals surface area contributed by atoms with Gasteiger partial charge >= 0.3 is 6.18 Å². The molecule has 0 radical (unpaired) electrons. The number of fused-ring (bicyclic) bond motifs is 1. The summed E-state index contributed by atoms with van der Waals surface area (Å²) in [4.78, 5) is 54.6. The van der Waals surface area contributed by atoms with Crippen LogP contribution in [-0.4, -0.2) is 83.1 Å². The number of hydrogen-bond donors (Lipinski definition) is 3. The number of nitrogens with zero attached hydrogens (tertiary/aromatic N) is 3. The lowest BCUT2D eigenvalue weighted by molar-refractivity contribution is -0.141. The zero-order valence-corrected chi connectivity index (χ0v) is 38.8. The Labute approximate surface area is 374 Å². The summed E-state index contributed by atoms with van der Waals surface area (Å²) in [6.07, 6.45) is -4.58. The van der Waals surface area contributed by atoms with Crippen LogP contribution in [0.25, 0.3) is 21.6 Å². The fourth-order valence-electron chi connectivity index (χ4n) is 8.24.